The number of hydrogen-bond donors (Lipinski definition) is 0. The molecule has 9 heteroatoms. The highest BCUT2D eigenvalue weighted by Gasteiger charge is 2.35. The number of carbonyl (C=O) groups excluding carboxylic acids is 2. The number of piperidine rings is 1. The molecular formula is C25H25FN4O4. The van der Waals surface area contributed by atoms with E-state index in [-0.39, 0.29) is 36.3 Å². The summed E-state index contributed by atoms with van der Waals surface area (Å²) in [6, 6.07) is 15.2. The van der Waals surface area contributed by atoms with Crippen molar-refractivity contribution in [1.29, 1.82) is 0 Å². The summed E-state index contributed by atoms with van der Waals surface area (Å²) < 4.78 is 25.7. The van der Waals surface area contributed by atoms with Crippen LogP contribution in [0.4, 0.5) is 20.7 Å². The zero-order valence-corrected chi connectivity index (χ0v) is 18.8. The first-order valence-electron chi connectivity index (χ1n) is 11.0. The summed E-state index contributed by atoms with van der Waals surface area (Å²) in [4.78, 5) is 37.2. The van der Waals surface area contributed by atoms with Gasteiger partial charge >= 0.3 is 6.09 Å². The number of anilines is 2. The van der Waals surface area contributed by atoms with Gasteiger partial charge in [0.2, 0.25) is 5.91 Å². The zero-order chi connectivity index (χ0) is 23.9. The van der Waals surface area contributed by atoms with Crippen LogP contribution in [0.25, 0.3) is 0 Å². The third-order valence-corrected chi connectivity index (χ3v) is 5.64. The van der Waals surface area contributed by atoms with Gasteiger partial charge in [-0.25, -0.2) is 19.2 Å². The first kappa shape index (κ1) is 23.2. The number of benzene rings is 2. The van der Waals surface area contributed by atoms with Gasteiger partial charge in [-0.15, -0.1) is 0 Å². The second-order valence-corrected chi connectivity index (χ2v) is 7.86. The van der Waals surface area contributed by atoms with E-state index in [0.29, 0.717) is 19.4 Å². The Bertz CT molecular complexity index is 1130. The van der Waals surface area contributed by atoms with Crippen LogP contribution in [0.15, 0.2) is 67.1 Å². The molecule has 2 amide bonds. The van der Waals surface area contributed by atoms with E-state index in [1.165, 1.54) is 47.6 Å². The molecule has 34 heavy (non-hydrogen) atoms. The molecular weight excluding hydrogens is 439 g/mol. The fraction of sp³-hybridized carbons (Fsp3) is 0.280. The molecule has 0 aliphatic carbocycles. The Morgan fingerprint density at radius 2 is 1.97 bits per heavy atom. The van der Waals surface area contributed by atoms with E-state index in [0.717, 1.165) is 5.56 Å². The van der Waals surface area contributed by atoms with Gasteiger partial charge in [-0.1, -0.05) is 36.4 Å². The number of methoxy groups -OCH3 is 1. The van der Waals surface area contributed by atoms with Crippen LogP contribution in [0, 0.1) is 11.7 Å². The second kappa shape index (κ2) is 10.7. The Morgan fingerprint density at radius 3 is 2.71 bits per heavy atom. The largest absolute Gasteiger partial charge is 0.494 e. The van der Waals surface area contributed by atoms with Crippen LogP contribution in [0.1, 0.15) is 18.4 Å². The summed E-state index contributed by atoms with van der Waals surface area (Å²) in [6.45, 7) is 0.785. The number of aromatic nitrogens is 2. The van der Waals surface area contributed by atoms with Crippen molar-refractivity contribution in [2.24, 2.45) is 5.92 Å². The van der Waals surface area contributed by atoms with Gasteiger partial charge in [0, 0.05) is 19.3 Å². The van der Waals surface area contributed by atoms with Crippen molar-refractivity contribution in [3.05, 3.63) is 78.5 Å². The monoisotopic (exact) mass is 464 g/mol. The molecule has 1 aromatic heterocycles. The lowest BCUT2D eigenvalue weighted by Gasteiger charge is -2.34. The molecule has 1 aliphatic rings. The van der Waals surface area contributed by atoms with Crippen LogP contribution >= 0.6 is 0 Å². The van der Waals surface area contributed by atoms with Crippen LogP contribution in [0.5, 0.6) is 5.75 Å². The van der Waals surface area contributed by atoms with Crippen molar-refractivity contribution in [2.45, 2.75) is 19.4 Å². The van der Waals surface area contributed by atoms with Crippen LogP contribution in [0.2, 0.25) is 0 Å². The molecule has 4 rings (SSSR count). The number of amides is 2. The number of halogens is 1. The molecule has 2 aromatic carbocycles. The molecule has 176 valence electrons. The SMILES string of the molecule is COc1cccc(F)c1N(C(=O)C1CCCN(C(=O)OCc2ccccc2)C1)c1ccncn1. The van der Waals surface area contributed by atoms with Crippen LogP contribution < -0.4 is 9.64 Å². The molecule has 1 aliphatic heterocycles. The second-order valence-electron chi connectivity index (χ2n) is 7.86. The topological polar surface area (TPSA) is 84.9 Å². The van der Waals surface area contributed by atoms with E-state index in [1.807, 2.05) is 30.3 Å². The normalized spacial score (nSPS) is 15.5. The number of nitrogens with zero attached hydrogens (tertiary/aromatic N) is 4. The molecule has 0 bridgehead atoms. The molecule has 1 atom stereocenters. The first-order valence-corrected chi connectivity index (χ1v) is 11.0. The molecule has 3 aromatic rings. The van der Waals surface area contributed by atoms with Gasteiger partial charge in [-0.3, -0.25) is 9.69 Å². The molecule has 8 nitrogen and oxygen atoms in total. The lowest BCUT2D eigenvalue weighted by Crippen LogP contribution is -2.46. The van der Waals surface area contributed by atoms with Gasteiger partial charge in [-0.05, 0) is 36.6 Å². The summed E-state index contributed by atoms with van der Waals surface area (Å²) in [6.07, 6.45) is 3.43. The van der Waals surface area contributed by atoms with Gasteiger partial charge in [0.1, 0.15) is 30.2 Å². The highest BCUT2D eigenvalue weighted by atomic mass is 19.1. The molecule has 2 heterocycles. The summed E-state index contributed by atoms with van der Waals surface area (Å²) in [7, 11) is 1.41. The third kappa shape index (κ3) is 5.14. The van der Waals surface area contributed by atoms with E-state index in [9.17, 15) is 14.0 Å². The maximum atomic E-state index is 15.0. The Balaban J connectivity index is 1.55. The van der Waals surface area contributed by atoms with Crippen molar-refractivity contribution in [1.82, 2.24) is 14.9 Å². The minimum Gasteiger partial charge on any atom is -0.494 e. The number of ether oxygens (including phenoxy) is 2. The molecule has 0 saturated carbocycles. The minimum absolute atomic E-state index is 0.0301. The average molecular weight is 464 g/mol. The molecule has 0 radical (unpaired) electrons. The first-order chi connectivity index (χ1) is 16.6. The quantitative estimate of drug-likeness (QED) is 0.540. The summed E-state index contributed by atoms with van der Waals surface area (Å²) in [5.74, 6) is -1.17. The third-order valence-electron chi connectivity index (χ3n) is 5.64. The van der Waals surface area contributed by atoms with Gasteiger partial charge in [-0.2, -0.15) is 0 Å². The Hall–Kier alpha value is -4.01. The number of para-hydroxylation sites is 1. The van der Waals surface area contributed by atoms with E-state index >= 15 is 0 Å². The van der Waals surface area contributed by atoms with Gasteiger partial charge in [0.25, 0.3) is 0 Å². The number of likely N-dealkylation sites (tertiary alicyclic amines) is 1. The highest BCUT2D eigenvalue weighted by Crippen LogP contribution is 2.37. The van der Waals surface area contributed by atoms with Crippen molar-refractivity contribution >= 4 is 23.5 Å². The number of rotatable bonds is 6. The highest BCUT2D eigenvalue weighted by molar-refractivity contribution is 6.02. The predicted octanol–water partition coefficient (Wildman–Crippen LogP) is 4.34. The molecule has 0 spiro atoms. The summed E-state index contributed by atoms with van der Waals surface area (Å²) >= 11 is 0. The van der Waals surface area contributed by atoms with Gasteiger partial charge in [0.15, 0.2) is 5.82 Å². The maximum absolute atomic E-state index is 15.0. The number of hydrogen-bond acceptors (Lipinski definition) is 6. The predicted molar refractivity (Wildman–Crippen MR) is 123 cm³/mol. The Labute approximate surface area is 196 Å². The van der Waals surface area contributed by atoms with E-state index in [2.05, 4.69) is 9.97 Å². The molecule has 1 fully saturated rings. The van der Waals surface area contributed by atoms with Crippen molar-refractivity contribution in [2.75, 3.05) is 25.1 Å². The van der Waals surface area contributed by atoms with E-state index in [4.69, 9.17) is 9.47 Å². The van der Waals surface area contributed by atoms with Gasteiger partial charge in [0.05, 0.1) is 13.0 Å². The van der Waals surface area contributed by atoms with Crippen molar-refractivity contribution < 1.29 is 23.5 Å². The Morgan fingerprint density at radius 1 is 1.15 bits per heavy atom. The van der Waals surface area contributed by atoms with Gasteiger partial charge < -0.3 is 14.4 Å². The molecule has 1 saturated heterocycles. The minimum atomic E-state index is -0.624. The van der Waals surface area contributed by atoms with Crippen molar-refractivity contribution in [3.8, 4) is 5.75 Å². The maximum Gasteiger partial charge on any atom is 0.410 e. The van der Waals surface area contributed by atoms with E-state index < -0.39 is 17.8 Å². The lowest BCUT2D eigenvalue weighted by atomic mass is 9.96. The summed E-state index contributed by atoms with van der Waals surface area (Å²) in [5.41, 5.74) is 0.847. The standard InChI is InChI=1S/C25H25FN4O4/c1-33-21-11-5-10-20(26)23(21)30(22-12-13-27-17-28-22)24(31)19-9-6-14-29(15-19)25(32)34-16-18-7-3-2-4-8-18/h2-5,7-8,10-13,17,19H,6,9,14-16H2,1H3. The fourth-order valence-electron chi connectivity index (χ4n) is 3.97. The van der Waals surface area contributed by atoms with Crippen molar-refractivity contribution in [3.63, 3.8) is 0 Å². The van der Waals surface area contributed by atoms with Crippen LogP contribution in [-0.2, 0) is 16.1 Å². The number of carbonyl (C=O) groups is 2. The van der Waals surface area contributed by atoms with E-state index in [1.54, 1.807) is 6.07 Å². The van der Waals surface area contributed by atoms with Crippen LogP contribution in [0.3, 0.4) is 0 Å². The molecule has 1 unspecified atom stereocenters. The Kier molecular flexibility index (Phi) is 7.31. The summed E-state index contributed by atoms with van der Waals surface area (Å²) in [5, 5.41) is 0. The molecule has 0 N–H and O–H groups in total. The van der Waals surface area contributed by atoms with Crippen LogP contribution in [-0.4, -0.2) is 47.1 Å². The lowest BCUT2D eigenvalue weighted by molar-refractivity contribution is -0.123. The zero-order valence-electron chi connectivity index (χ0n) is 18.8. The fourth-order valence-corrected chi connectivity index (χ4v) is 3.97. The smallest absolute Gasteiger partial charge is 0.410 e. The average Bonchev–Trinajstić information content (AvgIpc) is 2.89.